The highest BCUT2D eigenvalue weighted by atomic mass is 16.5. The zero-order chi connectivity index (χ0) is 13.7. The van der Waals surface area contributed by atoms with E-state index in [1.165, 1.54) is 7.11 Å². The van der Waals surface area contributed by atoms with Crippen LogP contribution in [-0.2, 0) is 0 Å². The Bertz CT molecular complexity index is 419. The van der Waals surface area contributed by atoms with Crippen LogP contribution in [0, 0.1) is 5.92 Å². The van der Waals surface area contributed by atoms with E-state index in [2.05, 4.69) is 5.32 Å². The number of carbonyl (C=O) groups excluding carboxylic acids is 1. The van der Waals surface area contributed by atoms with Gasteiger partial charge in [0.15, 0.2) is 0 Å². The Labute approximate surface area is 107 Å². The molecular weight excluding hydrogens is 232 g/mol. The fourth-order valence-electron chi connectivity index (χ4n) is 1.57. The summed E-state index contributed by atoms with van der Waals surface area (Å²) in [5.41, 5.74) is 6.52. The van der Waals surface area contributed by atoms with Gasteiger partial charge in [0.2, 0.25) is 0 Å². The molecule has 100 valence electrons. The number of aliphatic hydroxyl groups excluding tert-OH is 1. The molecule has 0 fully saturated rings. The van der Waals surface area contributed by atoms with Crippen LogP contribution in [0.25, 0.3) is 0 Å². The molecule has 18 heavy (non-hydrogen) atoms. The van der Waals surface area contributed by atoms with Gasteiger partial charge in [-0.3, -0.25) is 4.79 Å². The van der Waals surface area contributed by atoms with Gasteiger partial charge in [-0.15, -0.1) is 0 Å². The van der Waals surface area contributed by atoms with E-state index in [1.54, 1.807) is 18.2 Å². The first-order valence-electron chi connectivity index (χ1n) is 5.84. The maximum atomic E-state index is 12.1. The van der Waals surface area contributed by atoms with Crippen LogP contribution in [0.1, 0.15) is 24.2 Å². The summed E-state index contributed by atoms with van der Waals surface area (Å²) in [6, 6.07) is 4.58. The number of nitrogens with one attached hydrogen (secondary N) is 1. The van der Waals surface area contributed by atoms with Gasteiger partial charge < -0.3 is 20.9 Å². The van der Waals surface area contributed by atoms with Crippen molar-refractivity contribution in [3.63, 3.8) is 0 Å². The van der Waals surface area contributed by atoms with Crippen LogP contribution in [0.2, 0.25) is 0 Å². The fourth-order valence-corrected chi connectivity index (χ4v) is 1.57. The summed E-state index contributed by atoms with van der Waals surface area (Å²) in [7, 11) is 1.49. The highest BCUT2D eigenvalue weighted by Gasteiger charge is 2.19. The number of anilines is 1. The number of nitrogens with two attached hydrogens (primary N) is 1. The van der Waals surface area contributed by atoms with Gasteiger partial charge in [0.25, 0.3) is 5.91 Å². The Kier molecular flexibility index (Phi) is 4.97. The molecule has 0 bridgehead atoms. The Balaban J connectivity index is 2.92. The molecule has 0 heterocycles. The smallest absolute Gasteiger partial charge is 0.255 e. The third-order valence-corrected chi connectivity index (χ3v) is 2.79. The van der Waals surface area contributed by atoms with E-state index in [0.717, 1.165) is 0 Å². The summed E-state index contributed by atoms with van der Waals surface area (Å²) in [5, 5.41) is 12.0. The van der Waals surface area contributed by atoms with Gasteiger partial charge in [-0.1, -0.05) is 13.8 Å². The first-order valence-corrected chi connectivity index (χ1v) is 5.84. The Morgan fingerprint density at radius 3 is 2.67 bits per heavy atom. The molecule has 1 aromatic carbocycles. The molecule has 0 aliphatic rings. The molecular formula is C13H20N2O3. The number of benzene rings is 1. The molecule has 4 N–H and O–H groups in total. The van der Waals surface area contributed by atoms with Crippen molar-refractivity contribution in [2.75, 3.05) is 19.5 Å². The first kappa shape index (κ1) is 14.3. The SMILES string of the molecule is COc1ccc(N)cc1C(=O)N[C@H](CO)C(C)C. The van der Waals surface area contributed by atoms with Gasteiger partial charge in [0.05, 0.1) is 25.3 Å². The van der Waals surface area contributed by atoms with E-state index in [0.29, 0.717) is 17.0 Å². The number of hydrogen-bond donors (Lipinski definition) is 3. The summed E-state index contributed by atoms with van der Waals surface area (Å²) < 4.78 is 5.12. The average Bonchev–Trinajstić information content (AvgIpc) is 2.35. The van der Waals surface area contributed by atoms with Gasteiger partial charge >= 0.3 is 0 Å². The second-order valence-corrected chi connectivity index (χ2v) is 4.47. The zero-order valence-electron chi connectivity index (χ0n) is 10.9. The molecule has 0 spiro atoms. The Morgan fingerprint density at radius 2 is 2.17 bits per heavy atom. The molecule has 0 unspecified atom stereocenters. The van der Waals surface area contributed by atoms with Crippen molar-refractivity contribution in [3.8, 4) is 5.75 Å². The molecule has 1 atom stereocenters. The van der Waals surface area contributed by atoms with E-state index in [9.17, 15) is 9.90 Å². The van der Waals surface area contributed by atoms with Crippen LogP contribution in [0.5, 0.6) is 5.75 Å². The van der Waals surface area contributed by atoms with E-state index in [-0.39, 0.29) is 24.5 Å². The average molecular weight is 252 g/mol. The molecule has 0 saturated heterocycles. The molecule has 0 aromatic heterocycles. The summed E-state index contributed by atoms with van der Waals surface area (Å²) in [6.07, 6.45) is 0. The minimum absolute atomic E-state index is 0.103. The van der Waals surface area contributed by atoms with Crippen molar-refractivity contribution in [2.45, 2.75) is 19.9 Å². The van der Waals surface area contributed by atoms with Crippen LogP contribution in [-0.4, -0.2) is 30.8 Å². The number of rotatable bonds is 5. The lowest BCUT2D eigenvalue weighted by molar-refractivity contribution is 0.0894. The highest BCUT2D eigenvalue weighted by molar-refractivity contribution is 5.98. The molecule has 0 saturated carbocycles. The van der Waals surface area contributed by atoms with Crippen molar-refractivity contribution >= 4 is 11.6 Å². The van der Waals surface area contributed by atoms with Gasteiger partial charge in [-0.05, 0) is 24.1 Å². The van der Waals surface area contributed by atoms with Gasteiger partial charge in [-0.25, -0.2) is 0 Å². The summed E-state index contributed by atoms with van der Waals surface area (Å²) in [4.78, 5) is 12.1. The monoisotopic (exact) mass is 252 g/mol. The van der Waals surface area contributed by atoms with E-state index in [1.807, 2.05) is 13.8 Å². The molecule has 5 nitrogen and oxygen atoms in total. The second kappa shape index (κ2) is 6.26. The zero-order valence-corrected chi connectivity index (χ0v) is 10.9. The Hall–Kier alpha value is -1.75. The lowest BCUT2D eigenvalue weighted by Crippen LogP contribution is -2.41. The topological polar surface area (TPSA) is 84.6 Å². The van der Waals surface area contributed by atoms with E-state index >= 15 is 0 Å². The van der Waals surface area contributed by atoms with Crippen LogP contribution in [0.3, 0.4) is 0 Å². The predicted octanol–water partition coefficient (Wildman–Crippen LogP) is 1.02. The minimum atomic E-state index is -0.299. The van der Waals surface area contributed by atoms with E-state index in [4.69, 9.17) is 10.5 Å². The number of ether oxygens (including phenoxy) is 1. The van der Waals surface area contributed by atoms with Crippen LogP contribution in [0.4, 0.5) is 5.69 Å². The molecule has 0 radical (unpaired) electrons. The molecule has 1 rings (SSSR count). The predicted molar refractivity (Wildman–Crippen MR) is 70.6 cm³/mol. The number of nitrogen functional groups attached to an aromatic ring is 1. The van der Waals surface area contributed by atoms with Crippen molar-refractivity contribution in [1.29, 1.82) is 0 Å². The third-order valence-electron chi connectivity index (χ3n) is 2.79. The highest BCUT2D eigenvalue weighted by Crippen LogP contribution is 2.21. The number of carbonyl (C=O) groups is 1. The molecule has 0 aliphatic heterocycles. The summed E-state index contributed by atoms with van der Waals surface area (Å²) >= 11 is 0. The minimum Gasteiger partial charge on any atom is -0.496 e. The number of hydrogen-bond acceptors (Lipinski definition) is 4. The molecule has 5 heteroatoms. The fraction of sp³-hybridized carbons (Fsp3) is 0.462. The maximum absolute atomic E-state index is 12.1. The largest absolute Gasteiger partial charge is 0.496 e. The lowest BCUT2D eigenvalue weighted by Gasteiger charge is -2.20. The second-order valence-electron chi connectivity index (χ2n) is 4.47. The Morgan fingerprint density at radius 1 is 1.50 bits per heavy atom. The van der Waals surface area contributed by atoms with Gasteiger partial charge in [0.1, 0.15) is 5.75 Å². The van der Waals surface area contributed by atoms with Crippen LogP contribution >= 0.6 is 0 Å². The van der Waals surface area contributed by atoms with Crippen LogP contribution < -0.4 is 15.8 Å². The standard InChI is InChI=1S/C13H20N2O3/c1-8(2)11(7-16)15-13(17)10-6-9(14)4-5-12(10)18-3/h4-6,8,11,16H,7,14H2,1-3H3,(H,15,17)/t11-/m1/s1. The van der Waals surface area contributed by atoms with Crippen molar-refractivity contribution in [3.05, 3.63) is 23.8 Å². The quantitative estimate of drug-likeness (QED) is 0.683. The first-order chi connectivity index (χ1) is 8.49. The van der Waals surface area contributed by atoms with Gasteiger partial charge in [0, 0.05) is 5.69 Å². The number of methoxy groups -OCH3 is 1. The lowest BCUT2D eigenvalue weighted by atomic mass is 10.0. The maximum Gasteiger partial charge on any atom is 0.255 e. The summed E-state index contributed by atoms with van der Waals surface area (Å²) in [6.45, 7) is 3.75. The molecule has 1 amide bonds. The third kappa shape index (κ3) is 3.37. The van der Waals surface area contributed by atoms with E-state index < -0.39 is 0 Å². The normalized spacial score (nSPS) is 12.3. The number of aliphatic hydroxyl groups is 1. The van der Waals surface area contributed by atoms with Crippen molar-refractivity contribution < 1.29 is 14.6 Å². The summed E-state index contributed by atoms with van der Waals surface area (Å²) in [5.74, 6) is 0.306. The van der Waals surface area contributed by atoms with Crippen molar-refractivity contribution in [1.82, 2.24) is 5.32 Å². The molecule has 0 aliphatic carbocycles. The molecule has 1 aromatic rings. The van der Waals surface area contributed by atoms with Crippen molar-refractivity contribution in [2.24, 2.45) is 5.92 Å². The van der Waals surface area contributed by atoms with Crippen LogP contribution in [0.15, 0.2) is 18.2 Å². The van der Waals surface area contributed by atoms with Gasteiger partial charge in [-0.2, -0.15) is 0 Å². The number of amides is 1.